The molecule has 0 heterocycles. The van der Waals surface area contributed by atoms with E-state index in [9.17, 15) is 9.90 Å². The van der Waals surface area contributed by atoms with Gasteiger partial charge in [0.1, 0.15) is 12.3 Å². The van der Waals surface area contributed by atoms with Crippen LogP contribution in [0.1, 0.15) is 45.8 Å². The van der Waals surface area contributed by atoms with Gasteiger partial charge in [-0.25, -0.2) is 4.99 Å². The fraction of sp³-hybridized carbons (Fsp3) is 0.579. The van der Waals surface area contributed by atoms with E-state index in [1.165, 1.54) is 0 Å². The predicted molar refractivity (Wildman–Crippen MR) is 104 cm³/mol. The summed E-state index contributed by atoms with van der Waals surface area (Å²) in [5.41, 5.74) is 0.757. The van der Waals surface area contributed by atoms with Gasteiger partial charge in [-0.15, -0.1) is 0 Å². The van der Waals surface area contributed by atoms with Gasteiger partial charge in [0.2, 0.25) is 5.91 Å². The Hall–Kier alpha value is -2.28. The zero-order valence-electron chi connectivity index (χ0n) is 16.2. The number of aliphatic imine (C=N–C) groups is 1. The molecule has 0 aliphatic heterocycles. The van der Waals surface area contributed by atoms with Crippen molar-refractivity contribution in [2.45, 2.75) is 46.3 Å². The van der Waals surface area contributed by atoms with Crippen LogP contribution in [0.4, 0.5) is 0 Å². The smallest absolute Gasteiger partial charge is 0.241 e. The van der Waals surface area contributed by atoms with Crippen molar-refractivity contribution < 1.29 is 14.6 Å². The summed E-state index contributed by atoms with van der Waals surface area (Å²) < 4.78 is 5.65. The van der Waals surface area contributed by atoms with Gasteiger partial charge in [0, 0.05) is 19.6 Å². The van der Waals surface area contributed by atoms with Gasteiger partial charge < -0.3 is 25.8 Å². The van der Waals surface area contributed by atoms with E-state index < -0.39 is 6.10 Å². The molecular weight excluding hydrogens is 332 g/mol. The van der Waals surface area contributed by atoms with Crippen molar-refractivity contribution in [2.75, 3.05) is 26.2 Å². The summed E-state index contributed by atoms with van der Waals surface area (Å²) in [6.07, 6.45) is 0.245. The van der Waals surface area contributed by atoms with E-state index >= 15 is 0 Å². The first-order valence-electron chi connectivity index (χ1n) is 9.19. The van der Waals surface area contributed by atoms with E-state index in [0.29, 0.717) is 19.0 Å². The molecular formula is C19H32N4O3. The number of rotatable bonds is 10. The van der Waals surface area contributed by atoms with E-state index in [4.69, 9.17) is 4.74 Å². The van der Waals surface area contributed by atoms with Crippen LogP contribution in [-0.2, 0) is 4.79 Å². The van der Waals surface area contributed by atoms with E-state index in [-0.39, 0.29) is 25.1 Å². The fourth-order valence-electron chi connectivity index (χ4n) is 2.19. The number of aliphatic hydroxyl groups excluding tert-OH is 1. The molecule has 26 heavy (non-hydrogen) atoms. The van der Waals surface area contributed by atoms with Gasteiger partial charge in [-0.2, -0.15) is 0 Å². The standard InChI is InChI=1S/C19H32N4O3/c1-5-10-21-18(25)13-23-19(20-6-2)22-12-17(24)15-8-7-9-16(11-15)26-14(3)4/h7-9,11,14,17,24H,5-6,10,12-13H2,1-4H3,(H,21,25)(H2,20,22,23). The zero-order valence-corrected chi connectivity index (χ0v) is 16.2. The van der Waals surface area contributed by atoms with Gasteiger partial charge in [0.05, 0.1) is 12.2 Å². The van der Waals surface area contributed by atoms with Gasteiger partial charge in [0.25, 0.3) is 0 Å². The first-order valence-corrected chi connectivity index (χ1v) is 9.19. The van der Waals surface area contributed by atoms with Crippen LogP contribution < -0.4 is 20.7 Å². The molecule has 1 rings (SSSR count). The quantitative estimate of drug-likeness (QED) is 0.374. The zero-order chi connectivity index (χ0) is 19.4. The summed E-state index contributed by atoms with van der Waals surface area (Å²) >= 11 is 0. The van der Waals surface area contributed by atoms with Gasteiger partial charge in [0.15, 0.2) is 5.96 Å². The highest BCUT2D eigenvalue weighted by Gasteiger charge is 2.10. The van der Waals surface area contributed by atoms with Crippen LogP contribution in [0, 0.1) is 0 Å². The van der Waals surface area contributed by atoms with Crippen molar-refractivity contribution in [1.29, 1.82) is 0 Å². The minimum absolute atomic E-state index is 0.0448. The summed E-state index contributed by atoms with van der Waals surface area (Å²) in [7, 11) is 0. The number of amides is 1. The maximum Gasteiger partial charge on any atom is 0.241 e. The second-order valence-electron chi connectivity index (χ2n) is 6.18. The molecule has 0 fully saturated rings. The third-order valence-corrected chi connectivity index (χ3v) is 3.37. The summed E-state index contributed by atoms with van der Waals surface area (Å²) in [5.74, 6) is 1.10. The second-order valence-corrected chi connectivity index (χ2v) is 6.18. The van der Waals surface area contributed by atoms with Crippen LogP contribution >= 0.6 is 0 Å². The molecule has 0 saturated carbocycles. The monoisotopic (exact) mass is 364 g/mol. The van der Waals surface area contributed by atoms with Gasteiger partial charge in [-0.05, 0) is 44.9 Å². The molecule has 4 N–H and O–H groups in total. The first-order chi connectivity index (χ1) is 12.5. The molecule has 1 aromatic carbocycles. The molecule has 1 amide bonds. The number of hydrogen-bond donors (Lipinski definition) is 4. The normalized spacial score (nSPS) is 12.6. The van der Waals surface area contributed by atoms with Gasteiger partial charge in [-0.3, -0.25) is 4.79 Å². The van der Waals surface area contributed by atoms with E-state index in [2.05, 4.69) is 20.9 Å². The average Bonchev–Trinajstić information content (AvgIpc) is 2.61. The van der Waals surface area contributed by atoms with Crippen LogP contribution in [0.25, 0.3) is 0 Å². The van der Waals surface area contributed by atoms with E-state index in [1.807, 2.05) is 52.0 Å². The lowest BCUT2D eigenvalue weighted by Crippen LogP contribution is -2.40. The Bertz CT molecular complexity index is 576. The minimum Gasteiger partial charge on any atom is -0.491 e. The number of carbonyl (C=O) groups excluding carboxylic acids is 1. The number of nitrogens with one attached hydrogen (secondary N) is 3. The highest BCUT2D eigenvalue weighted by molar-refractivity contribution is 5.84. The third kappa shape index (κ3) is 8.71. The highest BCUT2D eigenvalue weighted by atomic mass is 16.5. The van der Waals surface area contributed by atoms with Crippen molar-refractivity contribution in [2.24, 2.45) is 4.99 Å². The molecule has 7 nitrogen and oxygen atoms in total. The average molecular weight is 364 g/mol. The number of carbonyl (C=O) groups is 1. The third-order valence-electron chi connectivity index (χ3n) is 3.37. The maximum atomic E-state index is 11.7. The second kappa shape index (κ2) is 12.1. The molecule has 1 unspecified atom stereocenters. The summed E-state index contributed by atoms with van der Waals surface area (Å²) in [6.45, 7) is 9.48. The van der Waals surface area contributed by atoms with Gasteiger partial charge in [-0.1, -0.05) is 19.1 Å². The molecule has 0 radical (unpaired) electrons. The predicted octanol–water partition coefficient (Wildman–Crippen LogP) is 1.59. The van der Waals surface area contributed by atoms with Crippen LogP contribution in [-0.4, -0.2) is 49.3 Å². The lowest BCUT2D eigenvalue weighted by molar-refractivity contribution is -0.119. The summed E-state index contributed by atoms with van der Waals surface area (Å²) in [4.78, 5) is 15.9. The van der Waals surface area contributed by atoms with Crippen molar-refractivity contribution in [3.63, 3.8) is 0 Å². The molecule has 0 saturated heterocycles. The largest absolute Gasteiger partial charge is 0.491 e. The van der Waals surface area contributed by atoms with Gasteiger partial charge >= 0.3 is 0 Å². The van der Waals surface area contributed by atoms with Crippen molar-refractivity contribution in [3.8, 4) is 5.75 Å². The molecule has 0 aromatic heterocycles. The Balaban J connectivity index is 2.60. The first kappa shape index (κ1) is 21.8. The number of nitrogens with zero attached hydrogens (tertiary/aromatic N) is 1. The minimum atomic E-state index is -0.719. The number of benzene rings is 1. The van der Waals surface area contributed by atoms with Crippen LogP contribution in [0.3, 0.4) is 0 Å². The molecule has 1 atom stereocenters. The number of aliphatic hydroxyl groups is 1. The Morgan fingerprint density at radius 3 is 2.65 bits per heavy atom. The number of guanidine groups is 1. The maximum absolute atomic E-state index is 11.7. The van der Waals surface area contributed by atoms with Crippen molar-refractivity contribution >= 4 is 11.9 Å². The molecule has 7 heteroatoms. The van der Waals surface area contributed by atoms with Crippen molar-refractivity contribution in [1.82, 2.24) is 16.0 Å². The van der Waals surface area contributed by atoms with Crippen molar-refractivity contribution in [3.05, 3.63) is 29.8 Å². The number of ether oxygens (including phenoxy) is 1. The Morgan fingerprint density at radius 2 is 2.00 bits per heavy atom. The fourth-order valence-corrected chi connectivity index (χ4v) is 2.19. The number of hydrogen-bond acceptors (Lipinski definition) is 4. The highest BCUT2D eigenvalue weighted by Crippen LogP contribution is 2.19. The lowest BCUT2D eigenvalue weighted by atomic mass is 10.1. The van der Waals surface area contributed by atoms with Crippen LogP contribution in [0.2, 0.25) is 0 Å². The Kier molecular flexibility index (Phi) is 10.2. The van der Waals surface area contributed by atoms with E-state index in [1.54, 1.807) is 0 Å². The molecule has 0 aliphatic carbocycles. The van der Waals surface area contributed by atoms with E-state index in [0.717, 1.165) is 17.7 Å². The summed E-state index contributed by atoms with van der Waals surface area (Å²) in [5, 5.41) is 19.3. The lowest BCUT2D eigenvalue weighted by Gasteiger charge is -2.17. The topological polar surface area (TPSA) is 95.0 Å². The Morgan fingerprint density at radius 1 is 1.23 bits per heavy atom. The molecule has 0 bridgehead atoms. The Labute approximate surface area is 156 Å². The SMILES string of the molecule is CCCNC(=O)CN=C(NCC)NCC(O)c1cccc(OC(C)C)c1. The summed E-state index contributed by atoms with van der Waals surface area (Å²) in [6, 6.07) is 7.40. The molecule has 1 aromatic rings. The molecule has 0 aliphatic rings. The van der Waals surface area contributed by atoms with Crippen LogP contribution in [0.5, 0.6) is 5.75 Å². The molecule has 146 valence electrons. The molecule has 0 spiro atoms. The van der Waals surface area contributed by atoms with Crippen LogP contribution in [0.15, 0.2) is 29.3 Å².